The third kappa shape index (κ3) is 4.54. The molecule has 1 unspecified atom stereocenters. The molecule has 8 heteroatoms. The highest BCUT2D eigenvalue weighted by molar-refractivity contribution is 7.97. The van der Waals surface area contributed by atoms with Crippen LogP contribution >= 0.6 is 11.9 Å². The molecule has 2 aliphatic heterocycles. The zero-order valence-electron chi connectivity index (χ0n) is 18.1. The SMILES string of the molecule is CCSN[C@H]1[C@@H](F)CN(C(=O)C2CCO2)[C@H]1Cc1cccc(-c2ccc(F)c(C)c2)c1F. The van der Waals surface area contributed by atoms with Crippen LogP contribution in [0.3, 0.4) is 0 Å². The minimum absolute atomic E-state index is 0.0379. The highest BCUT2D eigenvalue weighted by atomic mass is 32.2. The summed E-state index contributed by atoms with van der Waals surface area (Å²) in [6.45, 7) is 4.07. The quantitative estimate of drug-likeness (QED) is 0.615. The largest absolute Gasteiger partial charge is 0.368 e. The van der Waals surface area contributed by atoms with Crippen molar-refractivity contribution in [3.63, 3.8) is 0 Å². The molecule has 0 bridgehead atoms. The Morgan fingerprint density at radius 1 is 1.28 bits per heavy atom. The van der Waals surface area contributed by atoms with E-state index in [-0.39, 0.29) is 24.7 Å². The van der Waals surface area contributed by atoms with Gasteiger partial charge >= 0.3 is 0 Å². The molecule has 2 aromatic carbocycles. The topological polar surface area (TPSA) is 41.6 Å². The van der Waals surface area contributed by atoms with E-state index in [4.69, 9.17) is 4.74 Å². The summed E-state index contributed by atoms with van der Waals surface area (Å²) in [5.74, 6) is -0.279. The first-order chi connectivity index (χ1) is 15.4. The number of alkyl halides is 1. The van der Waals surface area contributed by atoms with Crippen molar-refractivity contribution in [3.05, 3.63) is 59.2 Å². The molecular formula is C24H27F3N2O2S. The summed E-state index contributed by atoms with van der Waals surface area (Å²) in [6.07, 6.45) is -1.01. The van der Waals surface area contributed by atoms with Crippen molar-refractivity contribution in [3.8, 4) is 11.1 Å². The minimum Gasteiger partial charge on any atom is -0.368 e. The number of carbonyl (C=O) groups excluding carboxylic acids is 1. The highest BCUT2D eigenvalue weighted by Gasteiger charge is 2.47. The van der Waals surface area contributed by atoms with Gasteiger partial charge in [0.05, 0.1) is 25.2 Å². The highest BCUT2D eigenvalue weighted by Crippen LogP contribution is 2.32. The zero-order valence-corrected chi connectivity index (χ0v) is 18.9. The molecule has 0 radical (unpaired) electrons. The van der Waals surface area contributed by atoms with Gasteiger partial charge in [-0.15, -0.1) is 0 Å². The maximum Gasteiger partial charge on any atom is 0.252 e. The van der Waals surface area contributed by atoms with Crippen molar-refractivity contribution in [1.82, 2.24) is 9.62 Å². The molecule has 0 spiro atoms. The van der Waals surface area contributed by atoms with Gasteiger partial charge in [-0.3, -0.25) is 9.52 Å². The number of aryl methyl sites for hydroxylation is 1. The Balaban J connectivity index is 1.64. The second-order valence-electron chi connectivity index (χ2n) is 8.25. The lowest BCUT2D eigenvalue weighted by Gasteiger charge is -2.34. The summed E-state index contributed by atoms with van der Waals surface area (Å²) in [6, 6.07) is 8.36. The molecule has 4 nitrogen and oxygen atoms in total. The first-order valence-electron chi connectivity index (χ1n) is 10.9. The average molecular weight is 465 g/mol. The van der Waals surface area contributed by atoms with Gasteiger partial charge in [-0.2, -0.15) is 0 Å². The molecule has 4 rings (SSSR count). The van der Waals surface area contributed by atoms with E-state index < -0.39 is 30.2 Å². The number of amides is 1. The van der Waals surface area contributed by atoms with Crippen molar-refractivity contribution in [2.75, 3.05) is 18.9 Å². The van der Waals surface area contributed by atoms with Crippen LogP contribution in [0.4, 0.5) is 13.2 Å². The van der Waals surface area contributed by atoms with Crippen molar-refractivity contribution in [1.29, 1.82) is 0 Å². The molecule has 1 N–H and O–H groups in total. The maximum absolute atomic E-state index is 15.5. The van der Waals surface area contributed by atoms with Crippen LogP contribution in [0, 0.1) is 18.6 Å². The number of halogens is 3. The summed E-state index contributed by atoms with van der Waals surface area (Å²) in [5, 5.41) is 0. The van der Waals surface area contributed by atoms with Gasteiger partial charge in [0.2, 0.25) is 0 Å². The fourth-order valence-corrected chi connectivity index (χ4v) is 4.97. The van der Waals surface area contributed by atoms with Gasteiger partial charge in [-0.1, -0.05) is 43.1 Å². The summed E-state index contributed by atoms with van der Waals surface area (Å²) >= 11 is 1.38. The number of rotatable bonds is 7. The van der Waals surface area contributed by atoms with Crippen LogP contribution in [0.15, 0.2) is 36.4 Å². The normalized spacial score (nSPS) is 25.1. The monoisotopic (exact) mass is 464 g/mol. The lowest BCUT2D eigenvalue weighted by molar-refractivity contribution is -0.157. The van der Waals surface area contributed by atoms with Gasteiger partial charge in [0.15, 0.2) is 0 Å². The second kappa shape index (κ2) is 9.85. The average Bonchev–Trinajstić information content (AvgIpc) is 3.04. The van der Waals surface area contributed by atoms with Crippen LogP contribution in [-0.4, -0.2) is 54.1 Å². The number of ether oxygens (including phenoxy) is 1. The third-order valence-electron chi connectivity index (χ3n) is 6.17. The van der Waals surface area contributed by atoms with E-state index in [2.05, 4.69) is 4.72 Å². The van der Waals surface area contributed by atoms with E-state index in [9.17, 15) is 13.6 Å². The van der Waals surface area contributed by atoms with Gasteiger partial charge in [0.25, 0.3) is 5.91 Å². The molecule has 1 amide bonds. The molecule has 2 aromatic rings. The van der Waals surface area contributed by atoms with Crippen molar-refractivity contribution < 1.29 is 22.7 Å². The second-order valence-corrected chi connectivity index (χ2v) is 9.35. The number of nitrogens with zero attached hydrogens (tertiary/aromatic N) is 1. The van der Waals surface area contributed by atoms with E-state index in [1.165, 1.54) is 22.9 Å². The van der Waals surface area contributed by atoms with Crippen molar-refractivity contribution in [2.24, 2.45) is 0 Å². The Kier molecular flexibility index (Phi) is 7.12. The van der Waals surface area contributed by atoms with Gasteiger partial charge in [-0.05, 0) is 42.2 Å². The molecule has 2 saturated heterocycles. The molecule has 32 heavy (non-hydrogen) atoms. The molecule has 0 aromatic heterocycles. The maximum atomic E-state index is 15.5. The van der Waals surface area contributed by atoms with E-state index >= 15 is 4.39 Å². The van der Waals surface area contributed by atoms with Crippen LogP contribution < -0.4 is 4.72 Å². The summed E-state index contributed by atoms with van der Waals surface area (Å²) < 4.78 is 52.6. The Labute approximate surface area is 190 Å². The van der Waals surface area contributed by atoms with E-state index in [1.807, 2.05) is 6.92 Å². The van der Waals surface area contributed by atoms with Gasteiger partial charge in [-0.25, -0.2) is 13.2 Å². The van der Waals surface area contributed by atoms with Crippen LogP contribution in [0.25, 0.3) is 11.1 Å². The predicted molar refractivity (Wildman–Crippen MR) is 120 cm³/mol. The van der Waals surface area contributed by atoms with Crippen LogP contribution in [0.1, 0.15) is 24.5 Å². The fourth-order valence-electron chi connectivity index (χ4n) is 4.31. The smallest absolute Gasteiger partial charge is 0.252 e. The lowest BCUT2D eigenvalue weighted by Crippen LogP contribution is -2.51. The number of hydrogen-bond acceptors (Lipinski definition) is 4. The van der Waals surface area contributed by atoms with Crippen LogP contribution in [0.2, 0.25) is 0 Å². The number of likely N-dealkylation sites (tertiary alicyclic amines) is 1. The zero-order chi connectivity index (χ0) is 22.8. The first kappa shape index (κ1) is 23.1. The molecule has 0 saturated carbocycles. The Morgan fingerprint density at radius 2 is 2.06 bits per heavy atom. The van der Waals surface area contributed by atoms with Gasteiger partial charge < -0.3 is 9.64 Å². The molecule has 4 atom stereocenters. The minimum atomic E-state index is -1.26. The Morgan fingerprint density at radius 3 is 2.72 bits per heavy atom. The van der Waals surface area contributed by atoms with Gasteiger partial charge in [0, 0.05) is 17.7 Å². The number of hydrogen-bond donors (Lipinski definition) is 1. The third-order valence-corrected chi connectivity index (χ3v) is 6.90. The molecular weight excluding hydrogens is 437 g/mol. The lowest BCUT2D eigenvalue weighted by atomic mass is 9.95. The Bertz CT molecular complexity index is 986. The number of nitrogens with one attached hydrogen (secondary N) is 1. The first-order valence-corrected chi connectivity index (χ1v) is 11.9. The summed E-state index contributed by atoms with van der Waals surface area (Å²) in [4.78, 5) is 14.4. The van der Waals surface area contributed by atoms with Crippen LogP contribution in [0.5, 0.6) is 0 Å². The fraction of sp³-hybridized carbons (Fsp3) is 0.458. The molecule has 2 aliphatic rings. The number of carbonyl (C=O) groups is 1. The van der Waals surface area contributed by atoms with Crippen molar-refractivity contribution >= 4 is 17.9 Å². The van der Waals surface area contributed by atoms with Crippen LogP contribution in [-0.2, 0) is 16.0 Å². The number of benzene rings is 2. The predicted octanol–water partition coefficient (Wildman–Crippen LogP) is 4.45. The molecule has 2 heterocycles. The van der Waals surface area contributed by atoms with E-state index in [1.54, 1.807) is 37.3 Å². The molecule has 172 valence electrons. The van der Waals surface area contributed by atoms with E-state index in [0.717, 1.165) is 5.75 Å². The molecule has 0 aliphatic carbocycles. The van der Waals surface area contributed by atoms with Crippen molar-refractivity contribution in [2.45, 2.75) is 51.0 Å². The van der Waals surface area contributed by atoms with E-state index in [0.29, 0.717) is 35.3 Å². The molecule has 2 fully saturated rings. The Hall–Kier alpha value is -2.03. The van der Waals surface area contributed by atoms with Gasteiger partial charge in [0.1, 0.15) is 23.9 Å². The summed E-state index contributed by atoms with van der Waals surface area (Å²) in [7, 11) is 0. The standard InChI is InChI=1S/C24H27F3N2O2S/c1-3-32-28-23-19(26)13-29(24(30)21-9-10-31-21)20(23)12-16-5-4-6-17(22(16)27)15-7-8-18(25)14(2)11-15/h4-8,11,19-21,23,28H,3,9-10,12-13H2,1-2H3/t19-,20-,21?,23-/m0/s1. The summed E-state index contributed by atoms with van der Waals surface area (Å²) in [5.41, 5.74) is 1.75.